The van der Waals surface area contributed by atoms with Crippen molar-refractivity contribution in [3.8, 4) is 11.5 Å². The number of rotatable bonds is 8. The van der Waals surface area contributed by atoms with Gasteiger partial charge in [-0.2, -0.15) is 0 Å². The summed E-state index contributed by atoms with van der Waals surface area (Å²) in [6.07, 6.45) is 0.799. The quantitative estimate of drug-likeness (QED) is 0.261. The number of aromatic nitrogens is 1. The lowest BCUT2D eigenvalue weighted by Crippen LogP contribution is -2.42. The smallest absolute Gasteiger partial charge is 0.338 e. The maximum atomic E-state index is 14.1. The summed E-state index contributed by atoms with van der Waals surface area (Å²) in [4.78, 5) is 58.0. The number of benzene rings is 2. The molecule has 1 saturated heterocycles. The molecule has 11 heteroatoms. The predicted molar refractivity (Wildman–Crippen MR) is 167 cm³/mol. The molecule has 1 aromatic heterocycles. The van der Waals surface area contributed by atoms with E-state index in [9.17, 15) is 19.2 Å². The van der Waals surface area contributed by atoms with Gasteiger partial charge in [0.2, 0.25) is 11.8 Å². The van der Waals surface area contributed by atoms with E-state index in [4.69, 9.17) is 14.2 Å². The Morgan fingerprint density at radius 1 is 1.02 bits per heavy atom. The third-order valence-corrected chi connectivity index (χ3v) is 12.1. The van der Waals surface area contributed by atoms with Crippen molar-refractivity contribution in [2.75, 3.05) is 25.2 Å². The van der Waals surface area contributed by atoms with Gasteiger partial charge in [-0.3, -0.25) is 19.3 Å². The van der Waals surface area contributed by atoms with Gasteiger partial charge in [-0.05, 0) is 79.0 Å². The fourth-order valence-electron chi connectivity index (χ4n) is 7.86. The number of thiazole rings is 1. The van der Waals surface area contributed by atoms with Crippen LogP contribution in [0.25, 0.3) is 0 Å². The minimum Gasteiger partial charge on any atom is -0.493 e. The number of anilines is 1. The van der Waals surface area contributed by atoms with Gasteiger partial charge in [0.25, 0.3) is 0 Å². The van der Waals surface area contributed by atoms with E-state index in [-0.39, 0.29) is 52.2 Å². The third kappa shape index (κ3) is 4.50. The van der Waals surface area contributed by atoms with Crippen LogP contribution in [0.5, 0.6) is 11.5 Å². The molecular weight excluding hydrogens is 601 g/mol. The Morgan fingerprint density at radius 3 is 2.43 bits per heavy atom. The second kappa shape index (κ2) is 11.1. The van der Waals surface area contributed by atoms with Crippen LogP contribution >= 0.6 is 23.1 Å². The molecule has 9 nitrogen and oxygen atoms in total. The monoisotopic (exact) mass is 634 g/mol. The molecule has 2 amide bonds. The lowest BCUT2D eigenvalue weighted by molar-refractivity contribution is -0.123. The molecule has 1 N–H and O–H groups in total. The maximum absolute atomic E-state index is 14.1. The van der Waals surface area contributed by atoms with E-state index in [1.54, 1.807) is 50.1 Å². The molecule has 2 aromatic carbocycles. The van der Waals surface area contributed by atoms with Crippen molar-refractivity contribution in [1.82, 2.24) is 4.98 Å². The van der Waals surface area contributed by atoms with E-state index in [1.807, 2.05) is 18.2 Å². The van der Waals surface area contributed by atoms with Crippen LogP contribution in [0.4, 0.5) is 5.69 Å². The molecule has 7 atom stereocenters. The lowest BCUT2D eigenvalue weighted by atomic mass is 9.68. The standard InChI is InChI=1S/C33H34N2O7S2/c1-5-41-32(38)16-6-9-18(10-7-16)35-30(36)25-19-13-20(26(25)31(35)37)27-24(19)23(28-29(43-27)34-33(39)44-28)17-8-11-21(22(12-17)40-4)42-14-15(2)3/h6-12,15,19-20,23-27H,5,13-14H2,1-4H3,(H,34,39). The highest BCUT2D eigenvalue weighted by Gasteiger charge is 2.69. The number of thioether (sulfide) groups is 1. The molecule has 7 rings (SSSR count). The van der Waals surface area contributed by atoms with Gasteiger partial charge in [-0.15, -0.1) is 11.8 Å². The Balaban J connectivity index is 1.23. The number of imide groups is 1. The van der Waals surface area contributed by atoms with Crippen molar-refractivity contribution in [1.29, 1.82) is 0 Å². The van der Waals surface area contributed by atoms with Crippen LogP contribution in [-0.4, -0.2) is 48.3 Å². The van der Waals surface area contributed by atoms with Crippen LogP contribution in [0.1, 0.15) is 53.9 Å². The molecule has 7 unspecified atom stereocenters. The van der Waals surface area contributed by atoms with Gasteiger partial charge in [0.15, 0.2) is 11.5 Å². The fourth-order valence-corrected chi connectivity index (χ4v) is 10.7. The number of H-pyrrole nitrogens is 1. The second-order valence-electron chi connectivity index (χ2n) is 12.4. The summed E-state index contributed by atoms with van der Waals surface area (Å²) in [5.74, 6) is -0.0149. The molecule has 2 saturated carbocycles. The number of methoxy groups -OCH3 is 1. The van der Waals surface area contributed by atoms with Gasteiger partial charge in [0.05, 0.1) is 48.4 Å². The molecule has 230 valence electrons. The number of fused-ring (bicyclic) bond motifs is 9. The van der Waals surface area contributed by atoms with Crippen molar-refractivity contribution in [2.24, 2.45) is 35.5 Å². The van der Waals surface area contributed by atoms with Crippen LogP contribution in [0.2, 0.25) is 0 Å². The Bertz CT molecular complexity index is 1700. The molecule has 2 bridgehead atoms. The summed E-state index contributed by atoms with van der Waals surface area (Å²) in [5, 5.41) is 0.937. The zero-order valence-corrected chi connectivity index (χ0v) is 26.5. The van der Waals surface area contributed by atoms with Crippen LogP contribution < -0.4 is 19.2 Å². The molecule has 44 heavy (non-hydrogen) atoms. The van der Waals surface area contributed by atoms with Crippen LogP contribution in [-0.2, 0) is 14.3 Å². The van der Waals surface area contributed by atoms with E-state index in [2.05, 4.69) is 18.8 Å². The van der Waals surface area contributed by atoms with E-state index < -0.39 is 17.8 Å². The van der Waals surface area contributed by atoms with Crippen LogP contribution in [0.15, 0.2) is 52.3 Å². The molecule has 3 aromatic rings. The highest BCUT2D eigenvalue weighted by atomic mass is 32.2. The first-order chi connectivity index (χ1) is 21.2. The average molecular weight is 635 g/mol. The Labute approximate surface area is 263 Å². The van der Waals surface area contributed by atoms with Gasteiger partial charge >= 0.3 is 10.8 Å². The van der Waals surface area contributed by atoms with Gasteiger partial charge < -0.3 is 19.2 Å². The maximum Gasteiger partial charge on any atom is 0.338 e. The van der Waals surface area contributed by atoms with Crippen molar-refractivity contribution >= 4 is 46.6 Å². The number of ether oxygens (including phenoxy) is 3. The van der Waals surface area contributed by atoms with Crippen molar-refractivity contribution in [2.45, 2.75) is 43.4 Å². The summed E-state index contributed by atoms with van der Waals surface area (Å²) < 4.78 is 16.8. The zero-order valence-electron chi connectivity index (χ0n) is 24.9. The Morgan fingerprint density at radius 2 is 1.75 bits per heavy atom. The highest BCUT2D eigenvalue weighted by molar-refractivity contribution is 8.00. The van der Waals surface area contributed by atoms with E-state index in [1.165, 1.54) is 16.2 Å². The summed E-state index contributed by atoms with van der Waals surface area (Å²) in [7, 11) is 1.62. The molecule has 0 spiro atoms. The van der Waals surface area contributed by atoms with Gasteiger partial charge in [-0.1, -0.05) is 31.3 Å². The van der Waals surface area contributed by atoms with Crippen molar-refractivity contribution in [3.05, 3.63) is 68.1 Å². The number of nitrogens with zero attached hydrogens (tertiary/aromatic N) is 1. The van der Waals surface area contributed by atoms with Gasteiger partial charge in [-0.25, -0.2) is 4.79 Å². The topological polar surface area (TPSA) is 115 Å². The Hall–Kier alpha value is -3.57. The van der Waals surface area contributed by atoms with Crippen molar-refractivity contribution < 1.29 is 28.6 Å². The number of esters is 1. The Kier molecular flexibility index (Phi) is 7.36. The molecule has 3 fully saturated rings. The summed E-state index contributed by atoms with van der Waals surface area (Å²) >= 11 is 2.89. The largest absolute Gasteiger partial charge is 0.493 e. The molecule has 2 aliphatic carbocycles. The molecule has 2 aliphatic heterocycles. The van der Waals surface area contributed by atoms with E-state index in [0.717, 1.165) is 21.9 Å². The number of nitrogens with one attached hydrogen (secondary N) is 1. The molecule has 4 aliphatic rings. The fraction of sp³-hybridized carbons (Fsp3) is 0.455. The zero-order chi connectivity index (χ0) is 30.9. The molecule has 0 radical (unpaired) electrons. The van der Waals surface area contributed by atoms with E-state index >= 15 is 0 Å². The van der Waals surface area contributed by atoms with Crippen LogP contribution in [0, 0.1) is 35.5 Å². The number of hydrogen-bond donors (Lipinski definition) is 1. The average Bonchev–Trinajstić information content (AvgIpc) is 3.75. The SMILES string of the molecule is CCOC(=O)c1ccc(N2C(=O)C3C4CC(C3C2=O)C2C(c3ccc(OCC(C)C)c(OC)c3)c3sc(=O)[nH]c3SC42)cc1. The minimum absolute atomic E-state index is 0.00912. The summed E-state index contributed by atoms with van der Waals surface area (Å²) in [6.45, 7) is 6.75. The summed E-state index contributed by atoms with van der Waals surface area (Å²) in [5.41, 5.74) is 1.86. The van der Waals surface area contributed by atoms with Gasteiger partial charge in [0, 0.05) is 16.0 Å². The van der Waals surface area contributed by atoms with E-state index in [0.29, 0.717) is 35.3 Å². The number of carbonyl (C=O) groups is 3. The van der Waals surface area contributed by atoms with Crippen molar-refractivity contribution in [3.63, 3.8) is 0 Å². The highest BCUT2D eigenvalue weighted by Crippen LogP contribution is 2.68. The number of aromatic amines is 1. The van der Waals surface area contributed by atoms with Crippen LogP contribution in [0.3, 0.4) is 0 Å². The number of amides is 2. The predicted octanol–water partition coefficient (Wildman–Crippen LogP) is 5.33. The van der Waals surface area contributed by atoms with Gasteiger partial charge in [0.1, 0.15) is 0 Å². The molecule has 3 heterocycles. The third-order valence-electron chi connectivity index (χ3n) is 9.48. The number of carbonyl (C=O) groups excluding carboxylic acids is 3. The number of hydrogen-bond acceptors (Lipinski definition) is 9. The summed E-state index contributed by atoms with van der Waals surface area (Å²) in [6, 6.07) is 12.5. The molecular formula is C33H34N2O7S2. The first-order valence-electron chi connectivity index (χ1n) is 15.1. The first-order valence-corrected chi connectivity index (χ1v) is 16.8. The second-order valence-corrected chi connectivity index (χ2v) is 14.6. The normalized spacial score (nSPS) is 28.2. The first kappa shape index (κ1) is 29.2. The lowest BCUT2D eigenvalue weighted by Gasteiger charge is -2.43. The minimum atomic E-state index is -0.443.